The van der Waals surface area contributed by atoms with E-state index >= 15 is 0 Å². The van der Waals surface area contributed by atoms with Crippen LogP contribution in [0.3, 0.4) is 0 Å². The summed E-state index contributed by atoms with van der Waals surface area (Å²) in [4.78, 5) is 0. The van der Waals surface area contributed by atoms with E-state index in [9.17, 15) is 13.9 Å². The van der Waals surface area contributed by atoms with Gasteiger partial charge in [-0.1, -0.05) is 18.1 Å². The molecule has 0 amide bonds. The zero-order valence-electron chi connectivity index (χ0n) is 14.3. The summed E-state index contributed by atoms with van der Waals surface area (Å²) in [6.07, 6.45) is 4.86. The molecule has 0 saturated heterocycles. The Kier molecular flexibility index (Phi) is 11.1. The second-order valence-corrected chi connectivity index (χ2v) is 5.69. The molecule has 0 aliphatic heterocycles. The molecule has 2 aromatic rings. The van der Waals surface area contributed by atoms with Crippen molar-refractivity contribution in [2.24, 2.45) is 0 Å². The topological polar surface area (TPSA) is 35.5 Å². The molecule has 0 aliphatic carbocycles. The molecule has 0 radical (unpaired) electrons. The van der Waals surface area contributed by atoms with Gasteiger partial charge in [0.1, 0.15) is 11.6 Å². The maximum absolute atomic E-state index is 13.4. The third kappa shape index (κ3) is 8.13. The van der Waals surface area contributed by atoms with Crippen molar-refractivity contribution in [2.75, 3.05) is 6.54 Å². The quantitative estimate of drug-likeness (QED) is 0.547. The molecule has 0 fully saturated rings. The van der Waals surface area contributed by atoms with Gasteiger partial charge in [0.15, 0.2) is 0 Å². The first-order valence-electron chi connectivity index (χ1n) is 7.63. The average molecular weight is 403 g/mol. The lowest BCUT2D eigenvalue weighted by Crippen LogP contribution is -2.40. The number of nitrogens with one attached hydrogen (secondary N) is 1. The summed E-state index contributed by atoms with van der Waals surface area (Å²) in [5, 5.41) is 11.3. The standard InChI is InChI=1S/C19H20F2N2O.2ClH/c1-3-15-5-4-6-16(7-15)12-23(22-11-14(2)24)13-17-8-18(20)10-19(21)9-17;;/h1,4-10,14,22,24H,11-13H2,2H3;2*1H. The van der Waals surface area contributed by atoms with Crippen molar-refractivity contribution in [3.05, 3.63) is 70.8 Å². The number of nitrogens with zero attached hydrogens (tertiary/aromatic N) is 1. The van der Waals surface area contributed by atoms with Crippen molar-refractivity contribution in [3.8, 4) is 12.3 Å². The van der Waals surface area contributed by atoms with Crippen molar-refractivity contribution < 1.29 is 13.9 Å². The summed E-state index contributed by atoms with van der Waals surface area (Å²) in [7, 11) is 0. The van der Waals surface area contributed by atoms with Crippen molar-refractivity contribution in [1.82, 2.24) is 10.4 Å². The molecule has 0 aromatic heterocycles. The molecule has 7 heteroatoms. The Labute approximate surface area is 165 Å². The highest BCUT2D eigenvalue weighted by molar-refractivity contribution is 5.85. The van der Waals surface area contributed by atoms with Gasteiger partial charge in [0.25, 0.3) is 0 Å². The molecule has 0 heterocycles. The van der Waals surface area contributed by atoms with Crippen LogP contribution in [0, 0.1) is 24.0 Å². The minimum atomic E-state index is -0.616. The highest BCUT2D eigenvalue weighted by Gasteiger charge is 2.10. The first kappa shape index (κ1) is 24.3. The molecule has 0 spiro atoms. The summed E-state index contributed by atoms with van der Waals surface area (Å²) >= 11 is 0. The van der Waals surface area contributed by atoms with Gasteiger partial charge in [-0.15, -0.1) is 31.2 Å². The molecule has 142 valence electrons. The van der Waals surface area contributed by atoms with Gasteiger partial charge in [-0.3, -0.25) is 5.43 Å². The Bertz CT molecular complexity index is 715. The molecule has 1 atom stereocenters. The van der Waals surface area contributed by atoms with Gasteiger partial charge in [-0.2, -0.15) is 0 Å². The number of aliphatic hydroxyl groups is 1. The first-order valence-corrected chi connectivity index (χ1v) is 7.63. The minimum Gasteiger partial charge on any atom is -0.392 e. The first-order chi connectivity index (χ1) is 11.5. The van der Waals surface area contributed by atoms with Crippen LogP contribution < -0.4 is 5.43 Å². The molecule has 2 rings (SSSR count). The minimum absolute atomic E-state index is 0. The number of hydrazine groups is 1. The Hall–Kier alpha value is -1.68. The molecule has 2 aromatic carbocycles. The fourth-order valence-corrected chi connectivity index (χ4v) is 2.33. The largest absolute Gasteiger partial charge is 0.392 e. The Morgan fingerprint density at radius 3 is 2.27 bits per heavy atom. The summed E-state index contributed by atoms with van der Waals surface area (Å²) in [5.41, 5.74) is 5.30. The predicted molar refractivity (Wildman–Crippen MR) is 104 cm³/mol. The van der Waals surface area contributed by atoms with E-state index in [0.29, 0.717) is 18.7 Å². The Morgan fingerprint density at radius 2 is 1.69 bits per heavy atom. The molecular weight excluding hydrogens is 381 g/mol. The summed E-state index contributed by atoms with van der Waals surface area (Å²) < 4.78 is 26.8. The Morgan fingerprint density at radius 1 is 1.08 bits per heavy atom. The van der Waals surface area contributed by atoms with Crippen molar-refractivity contribution in [1.29, 1.82) is 0 Å². The fraction of sp³-hybridized carbons (Fsp3) is 0.263. The van der Waals surface area contributed by atoms with Crippen LogP contribution in [-0.4, -0.2) is 22.8 Å². The van der Waals surface area contributed by atoms with Crippen molar-refractivity contribution in [2.45, 2.75) is 26.1 Å². The lowest BCUT2D eigenvalue weighted by molar-refractivity contribution is 0.112. The molecule has 0 saturated carbocycles. The smallest absolute Gasteiger partial charge is 0.126 e. The number of rotatable bonds is 7. The summed E-state index contributed by atoms with van der Waals surface area (Å²) in [6, 6.07) is 10.9. The van der Waals surface area contributed by atoms with E-state index in [2.05, 4.69) is 11.3 Å². The summed E-state index contributed by atoms with van der Waals surface area (Å²) in [6.45, 7) is 2.74. The third-order valence-electron chi connectivity index (χ3n) is 3.37. The second-order valence-electron chi connectivity index (χ2n) is 5.69. The monoisotopic (exact) mass is 402 g/mol. The van der Waals surface area contributed by atoms with E-state index < -0.39 is 17.7 Å². The lowest BCUT2D eigenvalue weighted by atomic mass is 10.1. The number of halogens is 4. The number of hydrogen-bond donors (Lipinski definition) is 2. The van der Waals surface area contributed by atoms with Crippen LogP contribution in [-0.2, 0) is 13.1 Å². The fourth-order valence-electron chi connectivity index (χ4n) is 2.33. The van der Waals surface area contributed by atoms with Gasteiger partial charge in [0.05, 0.1) is 6.10 Å². The van der Waals surface area contributed by atoms with Crippen molar-refractivity contribution in [3.63, 3.8) is 0 Å². The maximum atomic E-state index is 13.4. The van der Waals surface area contributed by atoms with Crippen LogP contribution in [0.1, 0.15) is 23.6 Å². The van der Waals surface area contributed by atoms with E-state index in [1.807, 2.05) is 24.3 Å². The second kappa shape index (κ2) is 11.8. The summed E-state index contributed by atoms with van der Waals surface area (Å²) in [5.74, 6) is 1.35. The normalized spacial score (nSPS) is 11.2. The van der Waals surface area contributed by atoms with E-state index in [4.69, 9.17) is 6.42 Å². The van der Waals surface area contributed by atoms with Crippen LogP contribution >= 0.6 is 24.8 Å². The molecular formula is C19H22Cl2F2N2O. The zero-order chi connectivity index (χ0) is 17.5. The number of terminal acetylenes is 1. The van der Waals surface area contributed by atoms with Gasteiger partial charge >= 0.3 is 0 Å². The van der Waals surface area contributed by atoms with Crippen LogP contribution in [0.25, 0.3) is 0 Å². The van der Waals surface area contributed by atoms with Crippen molar-refractivity contribution >= 4 is 24.8 Å². The molecule has 3 nitrogen and oxygen atoms in total. The number of benzene rings is 2. The van der Waals surface area contributed by atoms with Gasteiger partial charge in [-0.05, 0) is 42.3 Å². The van der Waals surface area contributed by atoms with E-state index in [1.54, 1.807) is 11.9 Å². The van der Waals surface area contributed by atoms with E-state index in [1.165, 1.54) is 12.1 Å². The van der Waals surface area contributed by atoms with Crippen LogP contribution in [0.15, 0.2) is 42.5 Å². The number of aliphatic hydroxyl groups excluding tert-OH is 1. The average Bonchev–Trinajstić information content (AvgIpc) is 2.52. The zero-order valence-corrected chi connectivity index (χ0v) is 15.9. The van der Waals surface area contributed by atoms with Crippen LogP contribution in [0.2, 0.25) is 0 Å². The molecule has 0 bridgehead atoms. The Balaban J connectivity index is 0.00000312. The third-order valence-corrected chi connectivity index (χ3v) is 3.37. The molecule has 0 aliphatic rings. The van der Waals surface area contributed by atoms with Crippen LogP contribution in [0.5, 0.6) is 0 Å². The van der Waals surface area contributed by atoms with E-state index in [-0.39, 0.29) is 31.4 Å². The predicted octanol–water partition coefficient (Wildman–Crippen LogP) is 3.68. The number of hydrogen-bond acceptors (Lipinski definition) is 3. The van der Waals surface area contributed by atoms with Gasteiger partial charge in [0.2, 0.25) is 0 Å². The lowest BCUT2D eigenvalue weighted by Gasteiger charge is -2.24. The highest BCUT2D eigenvalue weighted by atomic mass is 35.5. The van der Waals surface area contributed by atoms with E-state index in [0.717, 1.165) is 17.2 Å². The highest BCUT2D eigenvalue weighted by Crippen LogP contribution is 2.13. The SMILES string of the molecule is C#Cc1cccc(CN(Cc2cc(F)cc(F)c2)NCC(C)O)c1.Cl.Cl. The maximum Gasteiger partial charge on any atom is 0.126 e. The van der Waals surface area contributed by atoms with Gasteiger partial charge < -0.3 is 5.11 Å². The molecule has 2 N–H and O–H groups in total. The van der Waals surface area contributed by atoms with Gasteiger partial charge in [-0.25, -0.2) is 13.8 Å². The van der Waals surface area contributed by atoms with Crippen LogP contribution in [0.4, 0.5) is 8.78 Å². The molecule has 26 heavy (non-hydrogen) atoms. The van der Waals surface area contributed by atoms with Gasteiger partial charge in [0, 0.05) is 31.3 Å². The molecule has 1 unspecified atom stereocenters.